The summed E-state index contributed by atoms with van der Waals surface area (Å²) in [5.41, 5.74) is -7.67. The first-order valence-corrected chi connectivity index (χ1v) is 17.4. The van der Waals surface area contributed by atoms with Gasteiger partial charge in [-0.1, -0.05) is 18.2 Å². The van der Waals surface area contributed by atoms with Crippen LogP contribution >= 0.6 is 0 Å². The minimum atomic E-state index is -6.09. The van der Waals surface area contributed by atoms with Gasteiger partial charge in [-0.25, -0.2) is 16.8 Å². The number of halogens is 6. The summed E-state index contributed by atoms with van der Waals surface area (Å²) in [4.78, 5) is 18.0. The monoisotopic (exact) mass is 849 g/mol. The Morgan fingerprint density at radius 1 is 0.667 bits per heavy atom. The molecule has 0 saturated heterocycles. The standard InChI is InChI=1S/C27H29N5O2.C2H3N.2CHF3O3S.Mn/c33-26-10-11-27(34)22(17-26)18-31(19-23-7-1-4-12-28-23)15-16-32(20-24-8-2-5-13-29-24)21-25-9-3-6-14-30-25;1-2-3;2*2-1(3,4)8(5,6)7;/h1-14,17,33-34H,15-16,18-21H2;1H3;2*(H,5,6,7);/q;;;;+2/p-2. The van der Waals surface area contributed by atoms with Crippen LogP contribution in [0.3, 0.4) is 0 Å². The summed E-state index contributed by atoms with van der Waals surface area (Å²) < 4.78 is 118. The third kappa shape index (κ3) is 20.2. The number of phenols is 2. The maximum absolute atomic E-state index is 10.7. The van der Waals surface area contributed by atoms with Crippen LogP contribution in [0.25, 0.3) is 0 Å². The van der Waals surface area contributed by atoms with E-state index in [-0.39, 0.29) is 28.6 Å². The Kier molecular flexibility index (Phi) is 21.5. The van der Waals surface area contributed by atoms with Gasteiger partial charge in [-0.15, -0.1) is 0 Å². The van der Waals surface area contributed by atoms with Crippen molar-refractivity contribution in [3.8, 4) is 17.6 Å². The summed E-state index contributed by atoms with van der Waals surface area (Å²) in [6, 6.07) is 24.1. The van der Waals surface area contributed by atoms with E-state index in [0.717, 1.165) is 30.2 Å². The first-order valence-electron chi connectivity index (χ1n) is 14.6. The van der Waals surface area contributed by atoms with E-state index in [1.54, 1.807) is 18.3 Å². The molecule has 0 aliphatic carbocycles. The van der Waals surface area contributed by atoms with Crippen molar-refractivity contribution in [2.45, 2.75) is 44.1 Å². The summed E-state index contributed by atoms with van der Waals surface area (Å²) >= 11 is 0. The Balaban J connectivity index is 0.00000116. The molecular weight excluding hydrogens is 817 g/mol. The van der Waals surface area contributed by atoms with Crippen molar-refractivity contribution in [1.82, 2.24) is 24.8 Å². The second-order valence-corrected chi connectivity index (χ2v) is 13.0. The average Bonchev–Trinajstić information content (AvgIpc) is 3.06. The minimum Gasteiger partial charge on any atom is -0.741 e. The zero-order chi connectivity index (χ0) is 40.3. The number of aromatic nitrogens is 3. The number of benzene rings is 1. The van der Waals surface area contributed by atoms with E-state index in [9.17, 15) is 36.6 Å². The Morgan fingerprint density at radius 2 is 0.981 bits per heavy atom. The molecule has 0 unspecified atom stereocenters. The fourth-order valence-corrected chi connectivity index (χ4v) is 3.81. The van der Waals surface area contributed by atoms with E-state index in [1.165, 1.54) is 19.1 Å². The van der Waals surface area contributed by atoms with Gasteiger partial charge in [-0.05, 0) is 54.6 Å². The molecular formula is C31H32F6MnN6O8S2. The van der Waals surface area contributed by atoms with Crippen LogP contribution in [0.1, 0.15) is 29.6 Å². The molecule has 0 atom stereocenters. The molecule has 0 amide bonds. The molecule has 1 radical (unpaired) electrons. The normalized spacial score (nSPS) is 11.4. The number of aromatic hydroxyl groups is 2. The molecule has 23 heteroatoms. The van der Waals surface area contributed by atoms with Crippen molar-refractivity contribution in [3.63, 3.8) is 0 Å². The van der Waals surface area contributed by atoms with Crippen LogP contribution in [0, 0.1) is 11.3 Å². The van der Waals surface area contributed by atoms with Crippen LogP contribution in [-0.4, -0.2) is 85.0 Å². The summed E-state index contributed by atoms with van der Waals surface area (Å²) in [5.74, 6) is 0.306. The summed E-state index contributed by atoms with van der Waals surface area (Å²) in [7, 11) is -12.2. The zero-order valence-corrected chi connectivity index (χ0v) is 30.7. The Hall–Kier alpha value is -4.40. The SMILES string of the molecule is CC#N.O=S(=O)([O-])C(F)(F)F.O=S(=O)([O-])C(F)(F)F.Oc1ccc(O)c(CN(CCN(Cc2ccccn2)Cc2ccccn2)Cc2ccccn2)c1.[Mn+2]. The molecule has 0 aliphatic heterocycles. The summed E-state index contributed by atoms with van der Waals surface area (Å²) in [5, 5.41) is 27.6. The van der Waals surface area contributed by atoms with E-state index in [2.05, 4.69) is 24.8 Å². The maximum Gasteiger partial charge on any atom is 2.00 e. The van der Waals surface area contributed by atoms with Gasteiger partial charge in [0.15, 0.2) is 20.2 Å². The van der Waals surface area contributed by atoms with Crippen LogP contribution in [-0.2, 0) is 63.5 Å². The van der Waals surface area contributed by atoms with Gasteiger partial charge in [-0.2, -0.15) is 31.6 Å². The molecule has 0 saturated carbocycles. The number of nitrogens with zero attached hydrogens (tertiary/aromatic N) is 6. The Labute approximate surface area is 317 Å². The van der Waals surface area contributed by atoms with Gasteiger partial charge < -0.3 is 19.3 Å². The van der Waals surface area contributed by atoms with Gasteiger partial charge in [-0.3, -0.25) is 24.8 Å². The van der Waals surface area contributed by atoms with E-state index >= 15 is 0 Å². The van der Waals surface area contributed by atoms with Crippen LogP contribution in [0.15, 0.2) is 91.4 Å². The molecule has 4 aromatic rings. The molecule has 3 aromatic heterocycles. The first-order chi connectivity index (χ1) is 24.6. The second-order valence-electron chi connectivity index (χ2n) is 10.2. The molecule has 0 aliphatic rings. The van der Waals surface area contributed by atoms with Gasteiger partial charge >= 0.3 is 28.1 Å². The number of hydrogen-bond donors (Lipinski definition) is 2. The average molecular weight is 850 g/mol. The third-order valence-electron chi connectivity index (χ3n) is 6.09. The minimum absolute atomic E-state index is 0. The summed E-state index contributed by atoms with van der Waals surface area (Å²) in [6.07, 6.45) is 5.41. The molecule has 295 valence electrons. The van der Waals surface area contributed by atoms with Crippen LogP contribution in [0.4, 0.5) is 26.3 Å². The van der Waals surface area contributed by atoms with E-state index < -0.39 is 31.3 Å². The molecule has 0 fully saturated rings. The van der Waals surface area contributed by atoms with Crippen molar-refractivity contribution in [3.05, 3.63) is 114 Å². The van der Waals surface area contributed by atoms with Crippen molar-refractivity contribution in [2.24, 2.45) is 0 Å². The van der Waals surface area contributed by atoms with Gasteiger partial charge in [0.1, 0.15) is 11.5 Å². The van der Waals surface area contributed by atoms with Crippen LogP contribution in [0.5, 0.6) is 11.5 Å². The molecule has 1 aromatic carbocycles. The van der Waals surface area contributed by atoms with Crippen molar-refractivity contribution < 1.29 is 79.6 Å². The smallest absolute Gasteiger partial charge is 0.741 e. The predicted molar refractivity (Wildman–Crippen MR) is 174 cm³/mol. The van der Waals surface area contributed by atoms with Crippen LogP contribution in [0.2, 0.25) is 0 Å². The molecule has 54 heavy (non-hydrogen) atoms. The number of rotatable bonds is 11. The first kappa shape index (κ1) is 49.6. The van der Waals surface area contributed by atoms with Crippen molar-refractivity contribution >= 4 is 20.2 Å². The number of pyridine rings is 3. The number of nitriles is 1. The fourth-order valence-electron chi connectivity index (χ4n) is 3.81. The second kappa shape index (κ2) is 23.4. The van der Waals surface area contributed by atoms with E-state index in [1.807, 2.05) is 67.0 Å². The van der Waals surface area contributed by atoms with Crippen molar-refractivity contribution in [1.29, 1.82) is 5.26 Å². The summed E-state index contributed by atoms with van der Waals surface area (Å²) in [6.45, 7) is 5.43. The Bertz CT molecular complexity index is 1850. The fraction of sp³-hybridized carbons (Fsp3) is 0.290. The Morgan fingerprint density at radius 3 is 1.26 bits per heavy atom. The quantitative estimate of drug-likeness (QED) is 0.0691. The number of hydrogen-bond acceptors (Lipinski definition) is 14. The van der Waals surface area contributed by atoms with Gasteiger partial charge in [0, 0.05) is 70.3 Å². The largest absolute Gasteiger partial charge is 2.00 e. The van der Waals surface area contributed by atoms with Gasteiger partial charge in [0.05, 0.1) is 23.2 Å². The number of alkyl halides is 6. The predicted octanol–water partition coefficient (Wildman–Crippen LogP) is 4.62. The molecule has 0 spiro atoms. The van der Waals surface area contributed by atoms with Crippen molar-refractivity contribution in [2.75, 3.05) is 13.1 Å². The van der Waals surface area contributed by atoms with Gasteiger partial charge in [0.25, 0.3) is 0 Å². The third-order valence-corrected chi connectivity index (χ3v) is 7.23. The molecule has 14 nitrogen and oxygen atoms in total. The van der Waals surface area contributed by atoms with E-state index in [0.29, 0.717) is 31.7 Å². The zero-order valence-electron chi connectivity index (χ0n) is 27.9. The number of phenolic OH excluding ortho intramolecular Hbond substituents is 2. The maximum atomic E-state index is 10.7. The van der Waals surface area contributed by atoms with Crippen LogP contribution < -0.4 is 0 Å². The van der Waals surface area contributed by atoms with E-state index in [4.69, 9.17) is 31.2 Å². The molecule has 2 N–H and O–H groups in total. The molecule has 3 heterocycles. The topological polar surface area (TPSA) is 224 Å². The van der Waals surface area contributed by atoms with Gasteiger partial charge in [0.2, 0.25) is 0 Å². The molecule has 4 rings (SSSR count). The molecule has 0 bridgehead atoms.